The van der Waals surface area contributed by atoms with Crippen LogP contribution in [0.3, 0.4) is 0 Å². The Bertz CT molecular complexity index is 1190. The highest BCUT2D eigenvalue weighted by atomic mass is 32.1. The number of pyridine rings is 1. The van der Waals surface area contributed by atoms with Crippen LogP contribution in [0.5, 0.6) is 5.75 Å². The third kappa shape index (κ3) is 6.77. The Morgan fingerprint density at radius 3 is 3.00 bits per heavy atom. The van der Waals surface area contributed by atoms with E-state index in [1.165, 1.54) is 11.3 Å². The number of rotatable bonds is 9. The van der Waals surface area contributed by atoms with Crippen LogP contribution < -0.4 is 4.74 Å². The number of carboxylic acids is 1. The van der Waals surface area contributed by atoms with Crippen molar-refractivity contribution >= 4 is 28.2 Å². The zero-order valence-corrected chi connectivity index (χ0v) is 20.6. The molecule has 3 aromatic rings. The summed E-state index contributed by atoms with van der Waals surface area (Å²) < 4.78 is 20.8. The number of hydrogen-bond donors (Lipinski definition) is 1. The maximum absolute atomic E-state index is 15.5. The second kappa shape index (κ2) is 12.1. The summed E-state index contributed by atoms with van der Waals surface area (Å²) in [5.41, 5.74) is 3.14. The average molecular weight is 496 g/mol. The predicted octanol–water partition coefficient (Wildman–Crippen LogP) is 5.35. The molecule has 0 amide bonds. The molecule has 3 heterocycles. The van der Waals surface area contributed by atoms with Crippen LogP contribution in [0.15, 0.2) is 42.2 Å². The summed E-state index contributed by atoms with van der Waals surface area (Å²) >= 11 is 1.52. The molecule has 184 valence electrons. The molecule has 1 unspecified atom stereocenters. The van der Waals surface area contributed by atoms with Gasteiger partial charge in [0.25, 0.3) is 0 Å². The van der Waals surface area contributed by atoms with Gasteiger partial charge >= 0.3 is 5.97 Å². The van der Waals surface area contributed by atoms with Crippen molar-refractivity contribution < 1.29 is 19.0 Å². The fourth-order valence-electron chi connectivity index (χ4n) is 4.89. The SMILES string of the molecule is COc1ccc2nccc(C(F)CC[C@@H]3CCN(CC#Cc4cncs4)C[C@@H]3CCC(=O)O)c2c1. The number of carboxylic acid groups (broad SMARTS) is 1. The maximum atomic E-state index is 15.5. The third-order valence-corrected chi connectivity index (χ3v) is 7.45. The molecule has 0 bridgehead atoms. The molecule has 2 aromatic heterocycles. The van der Waals surface area contributed by atoms with Crippen LogP contribution >= 0.6 is 11.3 Å². The zero-order chi connectivity index (χ0) is 24.6. The fraction of sp³-hybridized carbons (Fsp3) is 0.444. The molecule has 4 rings (SSSR count). The van der Waals surface area contributed by atoms with Crippen molar-refractivity contribution in [3.05, 3.63) is 52.6 Å². The van der Waals surface area contributed by atoms with Gasteiger partial charge < -0.3 is 9.84 Å². The number of benzene rings is 1. The minimum Gasteiger partial charge on any atom is -0.497 e. The molecule has 0 radical (unpaired) electrons. The lowest BCUT2D eigenvalue weighted by molar-refractivity contribution is -0.137. The van der Waals surface area contributed by atoms with Crippen LogP contribution in [-0.2, 0) is 4.79 Å². The first-order valence-electron chi connectivity index (χ1n) is 11.9. The number of aliphatic carboxylic acids is 1. The van der Waals surface area contributed by atoms with Crippen molar-refractivity contribution in [2.24, 2.45) is 11.8 Å². The number of carbonyl (C=O) groups is 1. The molecule has 35 heavy (non-hydrogen) atoms. The van der Waals surface area contributed by atoms with E-state index < -0.39 is 12.1 Å². The fourth-order valence-corrected chi connectivity index (χ4v) is 5.38. The van der Waals surface area contributed by atoms with Crippen molar-refractivity contribution in [3.8, 4) is 17.6 Å². The molecular weight excluding hydrogens is 465 g/mol. The zero-order valence-electron chi connectivity index (χ0n) is 19.8. The van der Waals surface area contributed by atoms with E-state index in [0.29, 0.717) is 36.6 Å². The molecule has 1 aromatic carbocycles. The molecule has 1 aliphatic rings. The van der Waals surface area contributed by atoms with E-state index >= 15 is 4.39 Å². The number of halogens is 1. The smallest absolute Gasteiger partial charge is 0.303 e. The highest BCUT2D eigenvalue weighted by molar-refractivity contribution is 7.10. The van der Waals surface area contributed by atoms with Gasteiger partial charge in [-0.05, 0) is 73.9 Å². The molecule has 0 saturated carbocycles. The van der Waals surface area contributed by atoms with Crippen molar-refractivity contribution in [1.82, 2.24) is 14.9 Å². The lowest BCUT2D eigenvalue weighted by Gasteiger charge is -2.38. The van der Waals surface area contributed by atoms with E-state index in [4.69, 9.17) is 4.74 Å². The van der Waals surface area contributed by atoms with Crippen LogP contribution in [0.25, 0.3) is 10.9 Å². The Morgan fingerprint density at radius 1 is 1.34 bits per heavy atom. The molecule has 3 atom stereocenters. The number of aromatic nitrogens is 2. The van der Waals surface area contributed by atoms with E-state index in [9.17, 15) is 9.90 Å². The molecule has 1 saturated heterocycles. The van der Waals surface area contributed by atoms with Crippen LogP contribution in [0.2, 0.25) is 0 Å². The van der Waals surface area contributed by atoms with Gasteiger partial charge in [-0.15, -0.1) is 11.3 Å². The summed E-state index contributed by atoms with van der Waals surface area (Å²) in [6, 6.07) is 7.26. The number of fused-ring (bicyclic) bond motifs is 1. The van der Waals surface area contributed by atoms with Crippen molar-refractivity contribution in [2.75, 3.05) is 26.7 Å². The molecule has 6 nitrogen and oxygen atoms in total. The molecular formula is C27H30FN3O3S. The summed E-state index contributed by atoms with van der Waals surface area (Å²) in [5, 5.41) is 10.0. The maximum Gasteiger partial charge on any atom is 0.303 e. The van der Waals surface area contributed by atoms with E-state index in [-0.39, 0.29) is 12.3 Å². The van der Waals surface area contributed by atoms with E-state index in [1.54, 1.807) is 31.1 Å². The van der Waals surface area contributed by atoms with Gasteiger partial charge in [-0.25, -0.2) is 4.39 Å². The molecule has 0 spiro atoms. The van der Waals surface area contributed by atoms with Gasteiger partial charge in [0.15, 0.2) is 0 Å². The second-order valence-electron chi connectivity index (χ2n) is 8.97. The van der Waals surface area contributed by atoms with E-state index in [2.05, 4.69) is 26.7 Å². The predicted molar refractivity (Wildman–Crippen MR) is 135 cm³/mol. The Hall–Kier alpha value is -3.02. The topological polar surface area (TPSA) is 75.5 Å². The number of alkyl halides is 1. The second-order valence-corrected chi connectivity index (χ2v) is 9.86. The third-order valence-electron chi connectivity index (χ3n) is 6.76. The minimum absolute atomic E-state index is 0.134. The molecule has 1 aliphatic heterocycles. The van der Waals surface area contributed by atoms with Crippen molar-refractivity contribution in [2.45, 2.75) is 38.3 Å². The van der Waals surface area contributed by atoms with Crippen LogP contribution in [-0.4, -0.2) is 52.7 Å². The molecule has 1 N–H and O–H groups in total. The van der Waals surface area contributed by atoms with Gasteiger partial charge in [0, 0.05) is 24.5 Å². The monoisotopic (exact) mass is 495 g/mol. The number of nitrogens with zero attached hydrogens (tertiary/aromatic N) is 3. The first-order chi connectivity index (χ1) is 17.0. The molecule has 0 aliphatic carbocycles. The number of piperidine rings is 1. The van der Waals surface area contributed by atoms with Gasteiger partial charge in [-0.2, -0.15) is 0 Å². The Kier molecular flexibility index (Phi) is 8.67. The van der Waals surface area contributed by atoms with E-state index in [0.717, 1.165) is 41.7 Å². The number of likely N-dealkylation sites (tertiary alicyclic amines) is 1. The molecule has 1 fully saturated rings. The van der Waals surface area contributed by atoms with Gasteiger partial charge in [0.2, 0.25) is 0 Å². The summed E-state index contributed by atoms with van der Waals surface area (Å²) in [6.07, 6.45) is 5.07. The van der Waals surface area contributed by atoms with E-state index in [1.807, 2.05) is 18.2 Å². The lowest BCUT2D eigenvalue weighted by atomic mass is 9.79. The lowest BCUT2D eigenvalue weighted by Crippen LogP contribution is -2.41. The summed E-state index contributed by atoms with van der Waals surface area (Å²) in [4.78, 5) is 22.9. The highest BCUT2D eigenvalue weighted by Crippen LogP contribution is 2.36. The standard InChI is InChI=1S/C27H30FN3O3S/c1-34-21-6-8-26-24(15-21)23(10-12-30-26)25(28)7-4-19-11-14-31(17-20(19)5-9-27(32)33)13-2-3-22-16-29-18-35-22/h6,8,10,12,15-16,18-20,25H,4-5,7,9,11,13-14,17H2,1H3,(H,32,33)/t19-,20+,25?/m1/s1. The summed E-state index contributed by atoms with van der Waals surface area (Å²) in [6.45, 7) is 2.32. The van der Waals surface area contributed by atoms with Crippen LogP contribution in [0.4, 0.5) is 4.39 Å². The largest absolute Gasteiger partial charge is 0.497 e. The Labute approximate surface area is 209 Å². The highest BCUT2D eigenvalue weighted by Gasteiger charge is 2.30. The van der Waals surface area contributed by atoms with Crippen molar-refractivity contribution in [1.29, 1.82) is 0 Å². The first-order valence-corrected chi connectivity index (χ1v) is 12.8. The number of hydrogen-bond acceptors (Lipinski definition) is 6. The normalized spacial score (nSPS) is 19.1. The van der Waals surface area contributed by atoms with Gasteiger partial charge in [0.1, 0.15) is 11.9 Å². The van der Waals surface area contributed by atoms with Crippen molar-refractivity contribution in [3.63, 3.8) is 0 Å². The van der Waals surface area contributed by atoms with Gasteiger partial charge in [0.05, 0.1) is 35.8 Å². The number of methoxy groups -OCH3 is 1. The first kappa shape index (κ1) is 25.1. The number of ether oxygens (including phenoxy) is 1. The van der Waals surface area contributed by atoms with Gasteiger partial charge in [-0.1, -0.05) is 11.8 Å². The van der Waals surface area contributed by atoms with Crippen LogP contribution in [0, 0.1) is 23.7 Å². The Morgan fingerprint density at radius 2 is 2.23 bits per heavy atom. The molecule has 8 heteroatoms. The average Bonchev–Trinajstić information content (AvgIpc) is 3.39. The summed E-state index contributed by atoms with van der Waals surface area (Å²) in [7, 11) is 1.60. The summed E-state index contributed by atoms with van der Waals surface area (Å²) in [5.74, 6) is 6.75. The number of thiazole rings is 1. The van der Waals surface area contributed by atoms with Gasteiger partial charge in [-0.3, -0.25) is 19.7 Å². The minimum atomic E-state index is -1.11. The Balaban J connectivity index is 1.39. The quantitative estimate of drug-likeness (QED) is 0.404. The van der Waals surface area contributed by atoms with Crippen LogP contribution in [0.1, 0.15) is 48.7 Å².